The van der Waals surface area contributed by atoms with Crippen LogP contribution in [0.25, 0.3) is 0 Å². The molecule has 4 rings (SSSR count). The highest BCUT2D eigenvalue weighted by Gasteiger charge is 2.12. The SMILES string of the molecule is O=C(Cc1ccccc1F)Nc1ccc(Nc2ccc(N3CCCC3)cc2)nc1. The second kappa shape index (κ2) is 8.73. The topological polar surface area (TPSA) is 57.3 Å². The lowest BCUT2D eigenvalue weighted by atomic mass is 10.1. The van der Waals surface area contributed by atoms with Crippen LogP contribution in [0.2, 0.25) is 0 Å². The molecule has 1 aliphatic heterocycles. The highest BCUT2D eigenvalue weighted by molar-refractivity contribution is 5.92. The third-order valence-corrected chi connectivity index (χ3v) is 4.97. The first kappa shape index (κ1) is 18.9. The van der Waals surface area contributed by atoms with E-state index in [-0.39, 0.29) is 18.1 Å². The van der Waals surface area contributed by atoms with Gasteiger partial charge in [0.05, 0.1) is 18.3 Å². The summed E-state index contributed by atoms with van der Waals surface area (Å²) in [6.45, 7) is 2.25. The summed E-state index contributed by atoms with van der Waals surface area (Å²) < 4.78 is 13.7. The van der Waals surface area contributed by atoms with E-state index in [4.69, 9.17) is 0 Å². The molecule has 1 saturated heterocycles. The van der Waals surface area contributed by atoms with Crippen LogP contribution >= 0.6 is 0 Å². The van der Waals surface area contributed by atoms with Gasteiger partial charge in [0, 0.05) is 24.5 Å². The maximum absolute atomic E-state index is 13.7. The number of anilines is 4. The summed E-state index contributed by atoms with van der Waals surface area (Å²) in [4.78, 5) is 18.9. The number of hydrogen-bond acceptors (Lipinski definition) is 4. The van der Waals surface area contributed by atoms with Gasteiger partial charge in [-0.25, -0.2) is 9.37 Å². The van der Waals surface area contributed by atoms with Gasteiger partial charge < -0.3 is 15.5 Å². The van der Waals surface area contributed by atoms with Crippen molar-refractivity contribution in [2.24, 2.45) is 0 Å². The fraction of sp³-hybridized carbons (Fsp3) is 0.217. The van der Waals surface area contributed by atoms with Crippen LogP contribution in [0, 0.1) is 5.82 Å². The Morgan fingerprint density at radius 1 is 0.966 bits per heavy atom. The lowest BCUT2D eigenvalue weighted by Gasteiger charge is -2.17. The molecular formula is C23H23FN4O. The molecule has 2 N–H and O–H groups in total. The van der Waals surface area contributed by atoms with E-state index in [1.54, 1.807) is 36.5 Å². The van der Waals surface area contributed by atoms with Crippen molar-refractivity contribution in [1.82, 2.24) is 4.98 Å². The fourth-order valence-corrected chi connectivity index (χ4v) is 3.44. The Kier molecular flexibility index (Phi) is 5.70. The zero-order valence-electron chi connectivity index (χ0n) is 16.1. The van der Waals surface area contributed by atoms with E-state index >= 15 is 0 Å². The summed E-state index contributed by atoms with van der Waals surface area (Å²) in [6.07, 6.45) is 4.08. The summed E-state index contributed by atoms with van der Waals surface area (Å²) in [6, 6.07) is 18.2. The van der Waals surface area contributed by atoms with Gasteiger partial charge in [-0.2, -0.15) is 0 Å². The molecule has 1 fully saturated rings. The highest BCUT2D eigenvalue weighted by Crippen LogP contribution is 2.23. The third kappa shape index (κ3) is 4.90. The maximum Gasteiger partial charge on any atom is 0.228 e. The molecule has 0 atom stereocenters. The van der Waals surface area contributed by atoms with Crippen LogP contribution < -0.4 is 15.5 Å². The van der Waals surface area contributed by atoms with Crippen LogP contribution in [-0.2, 0) is 11.2 Å². The first-order valence-corrected chi connectivity index (χ1v) is 9.79. The molecule has 0 bridgehead atoms. The van der Waals surface area contributed by atoms with E-state index < -0.39 is 0 Å². The number of halogens is 1. The van der Waals surface area contributed by atoms with E-state index in [9.17, 15) is 9.18 Å². The number of aromatic nitrogens is 1. The van der Waals surface area contributed by atoms with Crippen molar-refractivity contribution in [3.63, 3.8) is 0 Å². The lowest BCUT2D eigenvalue weighted by molar-refractivity contribution is -0.115. The summed E-state index contributed by atoms with van der Waals surface area (Å²) in [5, 5.41) is 6.00. The zero-order chi connectivity index (χ0) is 20.1. The summed E-state index contributed by atoms with van der Waals surface area (Å²) >= 11 is 0. The molecule has 1 aromatic heterocycles. The van der Waals surface area contributed by atoms with E-state index in [1.807, 2.05) is 12.1 Å². The van der Waals surface area contributed by atoms with Crippen LogP contribution in [0.15, 0.2) is 66.9 Å². The van der Waals surface area contributed by atoms with Gasteiger partial charge in [0.1, 0.15) is 11.6 Å². The molecule has 6 heteroatoms. The Morgan fingerprint density at radius 2 is 1.69 bits per heavy atom. The quantitative estimate of drug-likeness (QED) is 0.638. The second-order valence-electron chi connectivity index (χ2n) is 7.11. The minimum absolute atomic E-state index is 0.0178. The molecule has 0 unspecified atom stereocenters. The van der Waals surface area contributed by atoms with Gasteiger partial charge in [-0.15, -0.1) is 0 Å². The minimum atomic E-state index is -0.379. The minimum Gasteiger partial charge on any atom is -0.372 e. The average molecular weight is 390 g/mol. The van der Waals surface area contributed by atoms with Crippen LogP contribution in [0.1, 0.15) is 18.4 Å². The number of nitrogens with zero attached hydrogens (tertiary/aromatic N) is 2. The van der Waals surface area contributed by atoms with E-state index in [0.717, 1.165) is 18.8 Å². The lowest BCUT2D eigenvalue weighted by Crippen LogP contribution is -2.17. The van der Waals surface area contributed by atoms with Gasteiger partial charge in [-0.05, 0) is 60.9 Å². The van der Waals surface area contributed by atoms with Crippen molar-refractivity contribution < 1.29 is 9.18 Å². The number of rotatable bonds is 6. The van der Waals surface area contributed by atoms with Crippen molar-refractivity contribution in [1.29, 1.82) is 0 Å². The second-order valence-corrected chi connectivity index (χ2v) is 7.11. The monoisotopic (exact) mass is 390 g/mol. The van der Waals surface area contributed by atoms with Gasteiger partial charge >= 0.3 is 0 Å². The molecule has 29 heavy (non-hydrogen) atoms. The largest absolute Gasteiger partial charge is 0.372 e. The molecule has 2 aromatic carbocycles. The molecule has 5 nitrogen and oxygen atoms in total. The highest BCUT2D eigenvalue weighted by atomic mass is 19.1. The van der Waals surface area contributed by atoms with Crippen LogP contribution in [0.4, 0.5) is 27.3 Å². The third-order valence-electron chi connectivity index (χ3n) is 4.97. The molecule has 3 aromatic rings. The van der Waals surface area contributed by atoms with Crippen molar-refractivity contribution in [3.8, 4) is 0 Å². The molecular weight excluding hydrogens is 367 g/mol. The Balaban J connectivity index is 1.33. The summed E-state index contributed by atoms with van der Waals surface area (Å²) in [7, 11) is 0. The Morgan fingerprint density at radius 3 is 2.38 bits per heavy atom. The van der Waals surface area contributed by atoms with Crippen molar-refractivity contribution in [2.75, 3.05) is 28.6 Å². The van der Waals surface area contributed by atoms with Crippen LogP contribution in [-0.4, -0.2) is 24.0 Å². The summed E-state index contributed by atoms with van der Waals surface area (Å²) in [5.41, 5.74) is 3.14. The van der Waals surface area contributed by atoms with E-state index in [2.05, 4.69) is 32.7 Å². The molecule has 2 heterocycles. The number of pyridine rings is 1. The van der Waals surface area contributed by atoms with Gasteiger partial charge in [0.25, 0.3) is 0 Å². The number of amides is 1. The van der Waals surface area contributed by atoms with Gasteiger partial charge in [0.15, 0.2) is 0 Å². The normalized spacial score (nSPS) is 13.3. The molecule has 1 amide bonds. The first-order valence-electron chi connectivity index (χ1n) is 9.79. The molecule has 0 spiro atoms. The number of hydrogen-bond donors (Lipinski definition) is 2. The molecule has 1 aliphatic rings. The molecule has 0 aliphatic carbocycles. The van der Waals surface area contributed by atoms with Crippen LogP contribution in [0.3, 0.4) is 0 Å². The number of benzene rings is 2. The Bertz CT molecular complexity index is 967. The molecule has 0 saturated carbocycles. The predicted molar refractivity (Wildman–Crippen MR) is 114 cm³/mol. The zero-order valence-corrected chi connectivity index (χ0v) is 16.1. The van der Waals surface area contributed by atoms with E-state index in [1.165, 1.54) is 24.6 Å². The van der Waals surface area contributed by atoms with Crippen molar-refractivity contribution >= 4 is 28.8 Å². The maximum atomic E-state index is 13.7. The standard InChI is InChI=1S/C23H23FN4O/c24-21-6-2-1-5-17(21)15-23(29)27-19-9-12-22(25-16-19)26-18-7-10-20(11-8-18)28-13-3-4-14-28/h1-2,5-12,16H,3-4,13-15H2,(H,25,26)(H,27,29). The predicted octanol–water partition coefficient (Wildman–Crippen LogP) is 4.75. The van der Waals surface area contributed by atoms with Gasteiger partial charge in [-0.3, -0.25) is 4.79 Å². The van der Waals surface area contributed by atoms with Gasteiger partial charge in [0.2, 0.25) is 5.91 Å². The van der Waals surface area contributed by atoms with Crippen LogP contribution in [0.5, 0.6) is 0 Å². The average Bonchev–Trinajstić information content (AvgIpc) is 3.27. The van der Waals surface area contributed by atoms with Crippen molar-refractivity contribution in [3.05, 3.63) is 78.2 Å². The Hall–Kier alpha value is -3.41. The number of carbonyl (C=O) groups excluding carboxylic acids is 1. The summed E-state index contributed by atoms with van der Waals surface area (Å²) in [5.74, 6) is 0.0252. The first-order chi connectivity index (χ1) is 14.2. The molecule has 0 radical (unpaired) electrons. The Labute approximate surface area is 169 Å². The molecule has 148 valence electrons. The number of carbonyl (C=O) groups is 1. The van der Waals surface area contributed by atoms with Gasteiger partial charge in [-0.1, -0.05) is 18.2 Å². The fourth-order valence-electron chi connectivity index (χ4n) is 3.44. The van der Waals surface area contributed by atoms with E-state index in [0.29, 0.717) is 17.1 Å². The van der Waals surface area contributed by atoms with Crippen molar-refractivity contribution in [2.45, 2.75) is 19.3 Å². The number of nitrogens with one attached hydrogen (secondary N) is 2. The smallest absolute Gasteiger partial charge is 0.228 e.